The summed E-state index contributed by atoms with van der Waals surface area (Å²) < 4.78 is 23.0. The Kier molecular flexibility index (Phi) is 6.59. The number of carboxylic acid groups (broad SMARTS) is 1. The number of nitrogens with one attached hydrogen (secondary N) is 1. The minimum atomic E-state index is -3.80. The molecular formula is C14H20NO6P. The van der Waals surface area contributed by atoms with E-state index in [0.29, 0.717) is 0 Å². The Morgan fingerprint density at radius 3 is 2.32 bits per heavy atom. The first kappa shape index (κ1) is 18.2. The number of rotatable bonds is 8. The van der Waals surface area contributed by atoms with E-state index in [4.69, 9.17) is 14.4 Å². The van der Waals surface area contributed by atoms with Crippen LogP contribution in [0.4, 0.5) is 0 Å². The molecule has 0 fully saturated rings. The van der Waals surface area contributed by atoms with E-state index in [1.54, 1.807) is 44.2 Å². The van der Waals surface area contributed by atoms with Crippen molar-refractivity contribution in [1.29, 1.82) is 0 Å². The first-order chi connectivity index (χ1) is 10.2. The van der Waals surface area contributed by atoms with Crippen LogP contribution >= 0.6 is 7.52 Å². The van der Waals surface area contributed by atoms with Crippen LogP contribution in [0.25, 0.3) is 0 Å². The summed E-state index contributed by atoms with van der Waals surface area (Å²) in [5, 5.41) is 11.4. The number of carboxylic acids is 1. The van der Waals surface area contributed by atoms with Crippen molar-refractivity contribution in [3.63, 3.8) is 0 Å². The summed E-state index contributed by atoms with van der Waals surface area (Å²) in [6.07, 6.45) is -1.08. The highest BCUT2D eigenvalue weighted by molar-refractivity contribution is 7.58. The van der Waals surface area contributed by atoms with Gasteiger partial charge in [-0.3, -0.25) is 14.2 Å². The maximum atomic E-state index is 12.7. The normalized spacial score (nSPS) is 14.9. The summed E-state index contributed by atoms with van der Waals surface area (Å²) in [4.78, 5) is 22.7. The second kappa shape index (κ2) is 7.96. The number of ether oxygens (including phenoxy) is 1. The van der Waals surface area contributed by atoms with E-state index < -0.39 is 31.7 Å². The zero-order valence-corrected chi connectivity index (χ0v) is 13.6. The Labute approximate surface area is 129 Å². The van der Waals surface area contributed by atoms with Gasteiger partial charge < -0.3 is 14.4 Å². The van der Waals surface area contributed by atoms with Gasteiger partial charge in [0.05, 0.1) is 6.10 Å². The summed E-state index contributed by atoms with van der Waals surface area (Å²) in [5.41, 5.74) is 0. The predicted molar refractivity (Wildman–Crippen MR) is 81.0 cm³/mol. The largest absolute Gasteiger partial charge is 0.481 e. The van der Waals surface area contributed by atoms with Crippen LogP contribution in [0.2, 0.25) is 0 Å². The minimum Gasteiger partial charge on any atom is -0.481 e. The Hall–Kier alpha value is -1.85. The Balaban J connectivity index is 2.85. The number of benzene rings is 1. The topological polar surface area (TPSA) is 102 Å². The standard InChI is InChI=1S/C14H20NO6P/c1-10(2)20-14(18)11(3)15-22(19,9-13(16)17)21-12-7-5-4-6-8-12/h4-8,10-11H,9H2,1-3H3,(H,15,19)(H,16,17)/t11-,22?/m0/s1. The van der Waals surface area contributed by atoms with E-state index in [1.165, 1.54) is 6.92 Å². The molecule has 0 saturated heterocycles. The summed E-state index contributed by atoms with van der Waals surface area (Å²) >= 11 is 0. The van der Waals surface area contributed by atoms with Gasteiger partial charge in [0.15, 0.2) is 0 Å². The van der Waals surface area contributed by atoms with E-state index in [0.717, 1.165) is 0 Å². The average molecular weight is 329 g/mol. The van der Waals surface area contributed by atoms with Gasteiger partial charge in [0.25, 0.3) is 0 Å². The van der Waals surface area contributed by atoms with Crippen LogP contribution in [0.15, 0.2) is 30.3 Å². The molecular weight excluding hydrogens is 309 g/mol. The summed E-state index contributed by atoms with van der Waals surface area (Å²) in [5.74, 6) is -1.67. The molecule has 2 atom stereocenters. The first-order valence-corrected chi connectivity index (χ1v) is 8.56. The van der Waals surface area contributed by atoms with Gasteiger partial charge in [-0.05, 0) is 32.9 Å². The van der Waals surface area contributed by atoms with Crippen molar-refractivity contribution < 1.29 is 28.5 Å². The number of hydrogen-bond donors (Lipinski definition) is 2. The molecule has 1 aromatic rings. The van der Waals surface area contributed by atoms with Crippen molar-refractivity contribution in [2.75, 3.05) is 6.16 Å². The first-order valence-electron chi connectivity index (χ1n) is 6.75. The smallest absolute Gasteiger partial charge is 0.328 e. The second-order valence-electron chi connectivity index (χ2n) is 4.97. The maximum absolute atomic E-state index is 12.7. The number of para-hydroxylation sites is 1. The van der Waals surface area contributed by atoms with Crippen molar-refractivity contribution >= 4 is 19.5 Å². The minimum absolute atomic E-state index is 0.254. The molecule has 0 aromatic heterocycles. The maximum Gasteiger partial charge on any atom is 0.328 e. The van der Waals surface area contributed by atoms with E-state index in [9.17, 15) is 14.2 Å². The zero-order valence-electron chi connectivity index (χ0n) is 12.7. The summed E-state index contributed by atoms with van der Waals surface area (Å²) in [6.45, 7) is 4.80. The monoisotopic (exact) mass is 329 g/mol. The molecule has 22 heavy (non-hydrogen) atoms. The molecule has 0 bridgehead atoms. The van der Waals surface area contributed by atoms with Crippen LogP contribution in [0.1, 0.15) is 20.8 Å². The predicted octanol–water partition coefficient (Wildman–Crippen LogP) is 2.27. The molecule has 7 nitrogen and oxygen atoms in total. The lowest BCUT2D eigenvalue weighted by atomic mass is 10.3. The third-order valence-electron chi connectivity index (χ3n) is 2.44. The van der Waals surface area contributed by atoms with Crippen LogP contribution < -0.4 is 9.61 Å². The lowest BCUT2D eigenvalue weighted by Crippen LogP contribution is -2.37. The Bertz CT molecular complexity index is 560. The lowest BCUT2D eigenvalue weighted by molar-refractivity contribution is -0.149. The fourth-order valence-corrected chi connectivity index (χ4v) is 3.34. The number of aliphatic carboxylic acids is 1. The van der Waals surface area contributed by atoms with Crippen molar-refractivity contribution in [3.05, 3.63) is 30.3 Å². The third-order valence-corrected chi connectivity index (χ3v) is 4.41. The van der Waals surface area contributed by atoms with Crippen LogP contribution in [0.5, 0.6) is 5.75 Å². The molecule has 0 spiro atoms. The number of esters is 1. The van der Waals surface area contributed by atoms with Crippen molar-refractivity contribution in [2.24, 2.45) is 0 Å². The van der Waals surface area contributed by atoms with Crippen LogP contribution in [-0.4, -0.2) is 35.4 Å². The second-order valence-corrected chi connectivity index (χ2v) is 7.07. The van der Waals surface area contributed by atoms with Crippen molar-refractivity contribution in [1.82, 2.24) is 5.09 Å². The van der Waals surface area contributed by atoms with Gasteiger partial charge in [-0.25, -0.2) is 5.09 Å². The number of carbonyl (C=O) groups excluding carboxylic acids is 1. The van der Waals surface area contributed by atoms with Gasteiger partial charge in [-0.15, -0.1) is 0 Å². The number of carbonyl (C=O) groups is 2. The SMILES string of the molecule is CC(C)OC(=O)[C@H](C)NP(=O)(CC(=O)O)Oc1ccccc1. The molecule has 1 aromatic carbocycles. The van der Waals surface area contributed by atoms with E-state index in [1.807, 2.05) is 0 Å². The molecule has 0 radical (unpaired) electrons. The highest BCUT2D eigenvalue weighted by atomic mass is 31.2. The van der Waals surface area contributed by atoms with Gasteiger partial charge in [-0.2, -0.15) is 0 Å². The van der Waals surface area contributed by atoms with E-state index in [-0.39, 0.29) is 11.9 Å². The quantitative estimate of drug-likeness (QED) is 0.557. The molecule has 0 aliphatic rings. The Morgan fingerprint density at radius 2 is 1.82 bits per heavy atom. The highest BCUT2D eigenvalue weighted by Gasteiger charge is 2.33. The number of hydrogen-bond acceptors (Lipinski definition) is 5. The fourth-order valence-electron chi connectivity index (χ4n) is 1.62. The average Bonchev–Trinajstić information content (AvgIpc) is 2.37. The highest BCUT2D eigenvalue weighted by Crippen LogP contribution is 2.43. The summed E-state index contributed by atoms with van der Waals surface area (Å²) in [6, 6.07) is 7.20. The van der Waals surface area contributed by atoms with Gasteiger partial charge >= 0.3 is 19.5 Å². The van der Waals surface area contributed by atoms with Crippen LogP contribution in [0, 0.1) is 0 Å². The van der Waals surface area contributed by atoms with Crippen molar-refractivity contribution in [3.8, 4) is 5.75 Å². The zero-order chi connectivity index (χ0) is 16.8. The molecule has 0 aliphatic heterocycles. The molecule has 0 saturated carbocycles. The van der Waals surface area contributed by atoms with Gasteiger partial charge in [0.2, 0.25) is 0 Å². The molecule has 0 amide bonds. The van der Waals surface area contributed by atoms with Gasteiger partial charge in [-0.1, -0.05) is 18.2 Å². The van der Waals surface area contributed by atoms with Crippen LogP contribution in [0.3, 0.4) is 0 Å². The molecule has 122 valence electrons. The molecule has 1 unspecified atom stereocenters. The molecule has 0 heterocycles. The molecule has 8 heteroatoms. The third kappa shape index (κ3) is 6.28. The molecule has 0 aliphatic carbocycles. The van der Waals surface area contributed by atoms with E-state index in [2.05, 4.69) is 5.09 Å². The fraction of sp³-hybridized carbons (Fsp3) is 0.429. The Morgan fingerprint density at radius 1 is 1.23 bits per heavy atom. The molecule has 2 N–H and O–H groups in total. The van der Waals surface area contributed by atoms with Gasteiger partial charge in [0.1, 0.15) is 18.0 Å². The molecule has 1 rings (SSSR count). The lowest BCUT2D eigenvalue weighted by Gasteiger charge is -2.22. The van der Waals surface area contributed by atoms with Gasteiger partial charge in [0, 0.05) is 0 Å². The van der Waals surface area contributed by atoms with E-state index >= 15 is 0 Å². The van der Waals surface area contributed by atoms with Crippen molar-refractivity contribution in [2.45, 2.75) is 32.9 Å². The van der Waals surface area contributed by atoms with Crippen LogP contribution in [-0.2, 0) is 18.9 Å². The summed E-state index contributed by atoms with van der Waals surface area (Å²) in [7, 11) is -3.80.